The molecule has 15 heteroatoms. The first-order valence-corrected chi connectivity index (χ1v) is 18.8. The van der Waals surface area contributed by atoms with Gasteiger partial charge in [-0.2, -0.15) is 13.2 Å². The topological polar surface area (TPSA) is 139 Å². The van der Waals surface area contributed by atoms with E-state index < -0.39 is 35.2 Å². The molecule has 2 aromatic carbocycles. The number of aromatic nitrogens is 3. The van der Waals surface area contributed by atoms with E-state index in [1.54, 1.807) is 58.2 Å². The minimum atomic E-state index is -4.59. The molecular weight excluding hydrogens is 738 g/mol. The second-order valence-electron chi connectivity index (χ2n) is 15.6. The fraction of sp³-hybridized carbons (Fsp3) is 0.405. The maximum Gasteiger partial charge on any atom is 0.417 e. The first-order valence-electron chi connectivity index (χ1n) is 18.8. The Balaban J connectivity index is 1.16. The Morgan fingerprint density at radius 2 is 1.74 bits per heavy atom. The lowest BCUT2D eigenvalue weighted by Crippen LogP contribution is -2.48. The Morgan fingerprint density at radius 1 is 1.00 bits per heavy atom. The van der Waals surface area contributed by atoms with Gasteiger partial charge in [0.2, 0.25) is 11.9 Å². The maximum absolute atomic E-state index is 14.2. The smallest absolute Gasteiger partial charge is 0.417 e. The van der Waals surface area contributed by atoms with E-state index in [1.165, 1.54) is 18.3 Å². The van der Waals surface area contributed by atoms with Gasteiger partial charge >= 0.3 is 12.3 Å². The van der Waals surface area contributed by atoms with Crippen molar-refractivity contribution in [2.45, 2.75) is 71.8 Å². The average molecular weight is 785 g/mol. The molecule has 0 aliphatic carbocycles. The molecule has 300 valence electrons. The summed E-state index contributed by atoms with van der Waals surface area (Å²) in [5.74, 6) is 5.20. The van der Waals surface area contributed by atoms with E-state index >= 15 is 0 Å². The first kappa shape index (κ1) is 40.9. The third-order valence-corrected chi connectivity index (χ3v) is 9.93. The van der Waals surface area contributed by atoms with E-state index in [1.807, 2.05) is 9.47 Å². The molecule has 2 aliphatic rings. The molecule has 3 amide bonds. The molecule has 0 bridgehead atoms. The van der Waals surface area contributed by atoms with Gasteiger partial charge in [-0.25, -0.2) is 19.7 Å². The number of piperazine rings is 1. The third-order valence-electron chi connectivity index (χ3n) is 9.93. The molecule has 0 spiro atoms. The largest absolute Gasteiger partial charge is 0.443 e. The van der Waals surface area contributed by atoms with Gasteiger partial charge in [0.05, 0.1) is 28.8 Å². The van der Waals surface area contributed by atoms with E-state index in [9.17, 15) is 27.6 Å². The van der Waals surface area contributed by atoms with Crippen molar-refractivity contribution < 1.29 is 32.3 Å². The summed E-state index contributed by atoms with van der Waals surface area (Å²) in [6.07, 6.45) is -3.51. The second kappa shape index (κ2) is 16.4. The predicted molar refractivity (Wildman–Crippen MR) is 210 cm³/mol. The van der Waals surface area contributed by atoms with Crippen molar-refractivity contribution in [1.82, 2.24) is 29.2 Å². The molecule has 0 saturated carbocycles. The number of anilines is 2. The predicted octanol–water partition coefficient (Wildman–Crippen LogP) is 6.12. The zero-order chi connectivity index (χ0) is 41.2. The van der Waals surface area contributed by atoms with Crippen LogP contribution in [0.2, 0.25) is 0 Å². The van der Waals surface area contributed by atoms with E-state index in [0.29, 0.717) is 59.2 Å². The number of carbonyl (C=O) groups excluding carboxylic acids is 3. The van der Waals surface area contributed by atoms with Crippen molar-refractivity contribution in [2.24, 2.45) is 7.05 Å². The monoisotopic (exact) mass is 784 g/mol. The molecule has 0 atom stereocenters. The lowest BCUT2D eigenvalue weighted by atomic mass is 10.0. The number of nitrogens with zero attached hydrogens (tertiary/aromatic N) is 6. The number of ether oxygens (including phenoxy) is 1. The highest BCUT2D eigenvalue weighted by Crippen LogP contribution is 2.35. The lowest BCUT2D eigenvalue weighted by Gasteiger charge is -2.37. The summed E-state index contributed by atoms with van der Waals surface area (Å²) in [5, 5.41) is 2.63. The molecule has 0 radical (unpaired) electrons. The summed E-state index contributed by atoms with van der Waals surface area (Å²) in [6.45, 7) is 12.7. The maximum atomic E-state index is 14.2. The van der Waals surface area contributed by atoms with Crippen LogP contribution in [0.3, 0.4) is 0 Å². The van der Waals surface area contributed by atoms with Gasteiger partial charge < -0.3 is 20.4 Å². The number of nitrogens with one attached hydrogen (secondary N) is 1. The Hall–Kier alpha value is -5.72. The normalized spacial score (nSPS) is 15.3. The minimum Gasteiger partial charge on any atom is -0.443 e. The van der Waals surface area contributed by atoms with Crippen LogP contribution in [0.1, 0.15) is 78.5 Å². The number of imide groups is 1. The Labute approximate surface area is 330 Å². The molecule has 2 aromatic heterocycles. The van der Waals surface area contributed by atoms with Gasteiger partial charge in [0.15, 0.2) is 0 Å². The van der Waals surface area contributed by atoms with Crippen LogP contribution < -0.4 is 11.1 Å². The number of hydrogen-bond donors (Lipinski definition) is 2. The number of benzene rings is 2. The van der Waals surface area contributed by atoms with Gasteiger partial charge in [-0.05, 0) is 76.1 Å². The van der Waals surface area contributed by atoms with Gasteiger partial charge in [0, 0.05) is 81.9 Å². The highest BCUT2D eigenvalue weighted by Gasteiger charge is 2.36. The fourth-order valence-corrected chi connectivity index (χ4v) is 7.02. The standard InChI is InChI=1S/C42H47F3N8O4/c1-26(2)52-18-16-51(17-19-52)25-30-12-13-31(22-33(30)42(43,44)45)48-36(54)21-28-9-7-8-27(20-28)10-11-29-24-47-39(46)49-37(29)35-23-32-34(50(35)6)14-15-53(38(32)55)40(56)57-41(3,4)5/h7-9,12-13,20,22-24,26H,14-19,21,25H2,1-6H3,(H,48,54)(H2,46,47,49). The highest BCUT2D eigenvalue weighted by atomic mass is 19.4. The second-order valence-corrected chi connectivity index (χ2v) is 15.6. The van der Waals surface area contributed by atoms with Gasteiger partial charge in [-0.15, -0.1) is 0 Å². The quantitative estimate of drug-likeness (QED) is 0.212. The highest BCUT2D eigenvalue weighted by molar-refractivity contribution is 6.05. The zero-order valence-corrected chi connectivity index (χ0v) is 33.0. The molecule has 2 aliphatic heterocycles. The average Bonchev–Trinajstić information content (AvgIpc) is 3.47. The van der Waals surface area contributed by atoms with Crippen LogP contribution in [0.15, 0.2) is 54.7 Å². The van der Waals surface area contributed by atoms with Crippen molar-refractivity contribution in [1.29, 1.82) is 0 Å². The molecule has 6 rings (SSSR count). The molecule has 1 saturated heterocycles. The summed E-state index contributed by atoms with van der Waals surface area (Å²) in [4.78, 5) is 53.3. The number of rotatable bonds is 7. The number of alkyl halides is 3. The third kappa shape index (κ3) is 9.81. The van der Waals surface area contributed by atoms with Gasteiger partial charge in [-0.3, -0.25) is 19.4 Å². The zero-order valence-electron chi connectivity index (χ0n) is 33.0. The molecular formula is C42H47F3N8O4. The van der Waals surface area contributed by atoms with Crippen LogP contribution in [0.5, 0.6) is 0 Å². The van der Waals surface area contributed by atoms with Crippen molar-refractivity contribution in [3.8, 4) is 23.2 Å². The number of carbonyl (C=O) groups is 3. The van der Waals surface area contributed by atoms with Crippen LogP contribution in [0, 0.1) is 11.8 Å². The number of nitrogens with two attached hydrogens (primary N) is 1. The Kier molecular flexibility index (Phi) is 11.8. The summed E-state index contributed by atoms with van der Waals surface area (Å²) in [6, 6.07) is 12.9. The fourth-order valence-electron chi connectivity index (χ4n) is 7.02. The molecule has 1 fully saturated rings. The van der Waals surface area contributed by atoms with Crippen LogP contribution >= 0.6 is 0 Å². The Morgan fingerprint density at radius 3 is 2.42 bits per heavy atom. The van der Waals surface area contributed by atoms with E-state index in [2.05, 4.69) is 45.9 Å². The Bertz CT molecular complexity index is 2240. The van der Waals surface area contributed by atoms with E-state index in [0.717, 1.165) is 29.7 Å². The van der Waals surface area contributed by atoms with Crippen molar-refractivity contribution in [2.75, 3.05) is 43.8 Å². The molecule has 0 unspecified atom stereocenters. The number of hydrogen-bond acceptors (Lipinski definition) is 9. The summed E-state index contributed by atoms with van der Waals surface area (Å²) in [7, 11) is 1.79. The van der Waals surface area contributed by atoms with Crippen molar-refractivity contribution in [3.05, 3.63) is 93.8 Å². The molecule has 4 heterocycles. The summed E-state index contributed by atoms with van der Waals surface area (Å²) >= 11 is 0. The lowest BCUT2D eigenvalue weighted by molar-refractivity contribution is -0.138. The van der Waals surface area contributed by atoms with Crippen molar-refractivity contribution >= 4 is 29.5 Å². The number of halogens is 3. The molecule has 3 N–H and O–H groups in total. The molecule has 12 nitrogen and oxygen atoms in total. The molecule has 57 heavy (non-hydrogen) atoms. The van der Waals surface area contributed by atoms with Crippen molar-refractivity contribution in [3.63, 3.8) is 0 Å². The summed E-state index contributed by atoms with van der Waals surface area (Å²) in [5.41, 5.74) is 8.28. The summed E-state index contributed by atoms with van der Waals surface area (Å²) < 4.78 is 49.8. The van der Waals surface area contributed by atoms with Crippen LogP contribution in [0.4, 0.5) is 29.6 Å². The van der Waals surface area contributed by atoms with Gasteiger partial charge in [0.1, 0.15) is 11.3 Å². The van der Waals surface area contributed by atoms with Crippen LogP contribution in [0.25, 0.3) is 11.4 Å². The number of amides is 3. The van der Waals surface area contributed by atoms with E-state index in [-0.39, 0.29) is 36.7 Å². The van der Waals surface area contributed by atoms with Crippen LogP contribution in [-0.4, -0.2) is 91.5 Å². The van der Waals surface area contributed by atoms with Crippen LogP contribution in [-0.2, 0) is 42.1 Å². The minimum absolute atomic E-state index is 0.00147. The first-order chi connectivity index (χ1) is 26.9. The van der Waals surface area contributed by atoms with Gasteiger partial charge in [0.25, 0.3) is 5.91 Å². The van der Waals surface area contributed by atoms with E-state index in [4.69, 9.17) is 10.5 Å². The number of fused-ring (bicyclic) bond motifs is 1. The number of nitrogen functional groups attached to an aromatic ring is 1. The SMILES string of the molecule is CC(C)N1CCN(Cc2ccc(NC(=O)Cc3cccc(C#Cc4cnc(N)nc4-c4cc5c(n4C)CCN(C(=O)OC(C)(C)C)C5=O)c3)cc2C(F)(F)F)CC1. The van der Waals surface area contributed by atoms with Gasteiger partial charge in [-0.1, -0.05) is 30.0 Å². The molecule has 4 aromatic rings.